The van der Waals surface area contributed by atoms with Crippen molar-refractivity contribution >= 4 is 24.3 Å². The lowest BCUT2D eigenvalue weighted by Crippen LogP contribution is -2.04. The number of hydrogen-bond donors (Lipinski definition) is 0. The summed E-state index contributed by atoms with van der Waals surface area (Å²) in [5.74, 6) is -0.720. The minimum absolute atomic E-state index is 0.304. The fourth-order valence-corrected chi connectivity index (χ4v) is 2.14. The summed E-state index contributed by atoms with van der Waals surface area (Å²) in [4.78, 5) is 32.8. The lowest BCUT2D eigenvalue weighted by molar-refractivity contribution is 0.0591. The highest BCUT2D eigenvalue weighted by atomic mass is 16.5. The van der Waals surface area contributed by atoms with Gasteiger partial charge in [-0.15, -0.1) is 0 Å². The first-order valence-electron chi connectivity index (χ1n) is 7.83. The third-order valence-corrected chi connectivity index (χ3v) is 3.71. The SMILES string of the molecule is C=Cc1ccc(C)c(C(=O)OC)c1.COC(=O)c1cc(C=O)ccc1C. The molecule has 0 fully saturated rings. The molecule has 2 aromatic rings. The second kappa shape index (κ2) is 9.93. The van der Waals surface area contributed by atoms with Crippen LogP contribution in [0.15, 0.2) is 43.0 Å². The largest absolute Gasteiger partial charge is 0.465 e. The van der Waals surface area contributed by atoms with Gasteiger partial charge in [-0.05, 0) is 42.7 Å². The van der Waals surface area contributed by atoms with E-state index in [1.54, 1.807) is 31.2 Å². The fourth-order valence-electron chi connectivity index (χ4n) is 2.14. The van der Waals surface area contributed by atoms with Gasteiger partial charge >= 0.3 is 11.9 Å². The number of aldehydes is 1. The summed E-state index contributed by atoms with van der Waals surface area (Å²) in [6, 6.07) is 10.5. The van der Waals surface area contributed by atoms with Crippen LogP contribution in [0, 0.1) is 13.8 Å². The first kappa shape index (κ1) is 20.8. The zero-order valence-electron chi connectivity index (χ0n) is 15.4. The average Bonchev–Trinajstić information content (AvgIpc) is 2.68. The number of ether oxygens (including phenoxy) is 2. The van der Waals surface area contributed by atoms with E-state index in [-0.39, 0.29) is 5.97 Å². The van der Waals surface area contributed by atoms with Gasteiger partial charge in [-0.3, -0.25) is 4.79 Å². The van der Waals surface area contributed by atoms with E-state index in [1.807, 2.05) is 19.1 Å². The van der Waals surface area contributed by atoms with E-state index in [1.165, 1.54) is 20.3 Å². The Morgan fingerprint density at radius 1 is 0.846 bits per heavy atom. The third-order valence-electron chi connectivity index (χ3n) is 3.71. The number of hydrogen-bond acceptors (Lipinski definition) is 5. The maximum absolute atomic E-state index is 11.2. The molecular weight excluding hydrogens is 332 g/mol. The van der Waals surface area contributed by atoms with Crippen LogP contribution in [0.25, 0.3) is 6.08 Å². The van der Waals surface area contributed by atoms with Crippen molar-refractivity contribution < 1.29 is 23.9 Å². The van der Waals surface area contributed by atoms with Crippen LogP contribution in [0.2, 0.25) is 0 Å². The van der Waals surface area contributed by atoms with E-state index < -0.39 is 5.97 Å². The summed E-state index contributed by atoms with van der Waals surface area (Å²) >= 11 is 0. The van der Waals surface area contributed by atoms with Crippen molar-refractivity contribution in [2.24, 2.45) is 0 Å². The van der Waals surface area contributed by atoms with Crippen molar-refractivity contribution in [1.82, 2.24) is 0 Å². The molecule has 26 heavy (non-hydrogen) atoms. The Labute approximate surface area is 153 Å². The molecule has 0 radical (unpaired) electrons. The zero-order chi connectivity index (χ0) is 19.7. The van der Waals surface area contributed by atoms with Crippen molar-refractivity contribution in [1.29, 1.82) is 0 Å². The van der Waals surface area contributed by atoms with Crippen LogP contribution in [-0.4, -0.2) is 32.4 Å². The van der Waals surface area contributed by atoms with Crippen molar-refractivity contribution in [2.45, 2.75) is 13.8 Å². The molecule has 0 saturated carbocycles. The molecule has 0 atom stereocenters. The van der Waals surface area contributed by atoms with Crippen molar-refractivity contribution in [3.63, 3.8) is 0 Å². The molecule has 2 aromatic carbocycles. The van der Waals surface area contributed by atoms with E-state index in [4.69, 9.17) is 0 Å². The second-order valence-corrected chi connectivity index (χ2v) is 5.45. The molecule has 0 amide bonds. The minimum atomic E-state index is -0.416. The summed E-state index contributed by atoms with van der Waals surface area (Å²) in [5.41, 5.74) is 4.15. The van der Waals surface area contributed by atoms with Crippen LogP contribution < -0.4 is 0 Å². The highest BCUT2D eigenvalue weighted by molar-refractivity contribution is 5.93. The topological polar surface area (TPSA) is 69.7 Å². The predicted molar refractivity (Wildman–Crippen MR) is 101 cm³/mol. The standard InChI is InChI=1S/C11H12O2.C10H10O3/c1-4-9-6-5-8(2)10(7-9)11(12)13-3;1-7-3-4-8(6-11)5-9(7)10(12)13-2/h4-7H,1H2,2-3H3;3-6H,1-2H3. The molecule has 0 heterocycles. The number of benzene rings is 2. The molecule has 0 spiro atoms. The first-order chi connectivity index (χ1) is 12.4. The second-order valence-electron chi connectivity index (χ2n) is 5.45. The number of rotatable bonds is 4. The molecule has 0 aliphatic rings. The van der Waals surface area contributed by atoms with Crippen molar-refractivity contribution in [2.75, 3.05) is 14.2 Å². The molecular formula is C21H22O5. The molecule has 136 valence electrons. The van der Waals surface area contributed by atoms with Crippen LogP contribution in [0.4, 0.5) is 0 Å². The van der Waals surface area contributed by atoms with E-state index in [2.05, 4.69) is 16.1 Å². The average molecular weight is 354 g/mol. The van der Waals surface area contributed by atoms with E-state index >= 15 is 0 Å². The van der Waals surface area contributed by atoms with Crippen LogP contribution in [0.1, 0.15) is 47.8 Å². The van der Waals surface area contributed by atoms with Crippen LogP contribution >= 0.6 is 0 Å². The molecule has 0 aromatic heterocycles. The molecule has 2 rings (SSSR count). The third kappa shape index (κ3) is 5.41. The summed E-state index contributed by atoms with van der Waals surface area (Å²) in [5, 5.41) is 0. The Bertz CT molecular complexity index is 752. The maximum atomic E-state index is 11.2. The van der Waals surface area contributed by atoms with E-state index in [0.717, 1.165) is 16.7 Å². The molecule has 0 bridgehead atoms. The Kier molecular flexibility index (Phi) is 7.96. The fraction of sp³-hybridized carbons (Fsp3) is 0.190. The Morgan fingerprint density at radius 3 is 1.65 bits per heavy atom. The zero-order valence-corrected chi connectivity index (χ0v) is 15.4. The maximum Gasteiger partial charge on any atom is 0.338 e. The van der Waals surface area contributed by atoms with Gasteiger partial charge in [0, 0.05) is 5.56 Å². The number of carbonyl (C=O) groups excluding carboxylic acids is 3. The molecule has 0 aliphatic heterocycles. The lowest BCUT2D eigenvalue weighted by Gasteiger charge is -2.04. The monoisotopic (exact) mass is 354 g/mol. The highest BCUT2D eigenvalue weighted by Crippen LogP contribution is 2.13. The molecule has 5 nitrogen and oxygen atoms in total. The minimum Gasteiger partial charge on any atom is -0.465 e. The lowest BCUT2D eigenvalue weighted by atomic mass is 10.1. The van der Waals surface area contributed by atoms with Gasteiger partial charge in [0.1, 0.15) is 6.29 Å². The number of esters is 2. The molecule has 0 saturated heterocycles. The van der Waals surface area contributed by atoms with Crippen LogP contribution in [-0.2, 0) is 9.47 Å². The quantitative estimate of drug-likeness (QED) is 0.613. The van der Waals surface area contributed by atoms with Crippen LogP contribution in [0.3, 0.4) is 0 Å². The number of aryl methyl sites for hydroxylation is 2. The summed E-state index contributed by atoms with van der Waals surface area (Å²) in [6.07, 6.45) is 2.40. The van der Waals surface area contributed by atoms with Gasteiger partial charge in [0.05, 0.1) is 25.3 Å². The van der Waals surface area contributed by atoms with Crippen molar-refractivity contribution in [3.05, 3.63) is 76.4 Å². The summed E-state index contributed by atoms with van der Waals surface area (Å²) in [6.45, 7) is 7.30. The molecule has 0 N–H and O–H groups in total. The van der Waals surface area contributed by atoms with Gasteiger partial charge in [0.2, 0.25) is 0 Å². The van der Waals surface area contributed by atoms with Crippen LogP contribution in [0.5, 0.6) is 0 Å². The normalized spacial score (nSPS) is 9.38. The molecule has 0 aliphatic carbocycles. The Balaban J connectivity index is 0.000000260. The van der Waals surface area contributed by atoms with Gasteiger partial charge < -0.3 is 9.47 Å². The van der Waals surface area contributed by atoms with Gasteiger partial charge in [-0.1, -0.05) is 36.9 Å². The molecule has 5 heteroatoms. The van der Waals surface area contributed by atoms with Crippen molar-refractivity contribution in [3.8, 4) is 0 Å². The Hall–Kier alpha value is -3.21. The van der Waals surface area contributed by atoms with Gasteiger partial charge in [-0.25, -0.2) is 9.59 Å². The Morgan fingerprint density at radius 2 is 1.27 bits per heavy atom. The predicted octanol–water partition coefficient (Wildman–Crippen LogP) is 4.02. The number of carbonyl (C=O) groups is 3. The molecule has 0 unspecified atom stereocenters. The van der Waals surface area contributed by atoms with Gasteiger partial charge in [-0.2, -0.15) is 0 Å². The smallest absolute Gasteiger partial charge is 0.338 e. The summed E-state index contributed by atoms with van der Waals surface area (Å²) in [7, 11) is 2.69. The summed E-state index contributed by atoms with van der Waals surface area (Å²) < 4.78 is 9.21. The first-order valence-corrected chi connectivity index (χ1v) is 7.83. The van der Waals surface area contributed by atoms with E-state index in [0.29, 0.717) is 23.0 Å². The highest BCUT2D eigenvalue weighted by Gasteiger charge is 2.09. The van der Waals surface area contributed by atoms with E-state index in [9.17, 15) is 14.4 Å². The number of methoxy groups -OCH3 is 2. The van der Waals surface area contributed by atoms with Gasteiger partial charge in [0.25, 0.3) is 0 Å². The van der Waals surface area contributed by atoms with Gasteiger partial charge in [0.15, 0.2) is 0 Å².